The SMILES string of the molecule is Cn1nc(-c2cccc(C(=O)O)c2)c2c(=O)[nH]cnc21. The maximum absolute atomic E-state index is 11.9. The Morgan fingerprint density at radius 2 is 2.20 bits per heavy atom. The van der Waals surface area contributed by atoms with Gasteiger partial charge in [0.25, 0.3) is 5.56 Å². The fourth-order valence-electron chi connectivity index (χ4n) is 2.10. The predicted molar refractivity (Wildman–Crippen MR) is 71.5 cm³/mol. The number of aryl methyl sites for hydroxylation is 1. The molecule has 0 atom stereocenters. The summed E-state index contributed by atoms with van der Waals surface area (Å²) in [5.41, 5.74) is 1.26. The van der Waals surface area contributed by atoms with Gasteiger partial charge in [0.2, 0.25) is 0 Å². The third-order valence-corrected chi connectivity index (χ3v) is 3.01. The molecule has 7 nitrogen and oxygen atoms in total. The standard InChI is InChI=1S/C13H10N4O3/c1-17-11-9(12(18)15-6-14-11)10(16-17)7-3-2-4-8(5-7)13(19)20/h2-6H,1H3,(H,19,20)(H,14,15,18). The van der Waals surface area contributed by atoms with Gasteiger partial charge in [-0.1, -0.05) is 12.1 Å². The number of H-pyrrole nitrogens is 1. The molecular formula is C13H10N4O3. The van der Waals surface area contributed by atoms with Crippen LogP contribution in [0.15, 0.2) is 35.4 Å². The summed E-state index contributed by atoms with van der Waals surface area (Å²) in [4.78, 5) is 29.5. The molecule has 0 spiro atoms. The molecule has 100 valence electrons. The minimum absolute atomic E-state index is 0.140. The monoisotopic (exact) mass is 270 g/mol. The minimum Gasteiger partial charge on any atom is -0.478 e. The van der Waals surface area contributed by atoms with Gasteiger partial charge in [0, 0.05) is 12.6 Å². The maximum Gasteiger partial charge on any atom is 0.335 e. The Hall–Kier alpha value is -2.96. The lowest BCUT2D eigenvalue weighted by Gasteiger charge is -1.99. The van der Waals surface area contributed by atoms with Gasteiger partial charge in [-0.2, -0.15) is 5.10 Å². The van der Waals surface area contributed by atoms with E-state index in [2.05, 4.69) is 15.1 Å². The van der Waals surface area contributed by atoms with E-state index in [1.54, 1.807) is 19.2 Å². The van der Waals surface area contributed by atoms with Gasteiger partial charge >= 0.3 is 5.97 Å². The highest BCUT2D eigenvalue weighted by atomic mass is 16.4. The molecular weight excluding hydrogens is 260 g/mol. The van der Waals surface area contributed by atoms with Crippen molar-refractivity contribution in [2.45, 2.75) is 0 Å². The van der Waals surface area contributed by atoms with Crippen LogP contribution in [0.3, 0.4) is 0 Å². The summed E-state index contributed by atoms with van der Waals surface area (Å²) in [5, 5.41) is 13.6. The second-order valence-electron chi connectivity index (χ2n) is 4.29. The van der Waals surface area contributed by atoms with Gasteiger partial charge in [-0.25, -0.2) is 14.5 Å². The Kier molecular flexibility index (Phi) is 2.60. The molecule has 0 aliphatic carbocycles. The number of hydrogen-bond donors (Lipinski definition) is 2. The fraction of sp³-hybridized carbons (Fsp3) is 0.0769. The van der Waals surface area contributed by atoms with Crippen molar-refractivity contribution in [3.8, 4) is 11.3 Å². The highest BCUT2D eigenvalue weighted by Crippen LogP contribution is 2.24. The minimum atomic E-state index is -1.03. The highest BCUT2D eigenvalue weighted by molar-refractivity contribution is 5.93. The zero-order valence-corrected chi connectivity index (χ0v) is 10.5. The molecule has 0 aliphatic rings. The Balaban J connectivity index is 2.33. The first-order chi connectivity index (χ1) is 9.58. The van der Waals surface area contributed by atoms with E-state index in [-0.39, 0.29) is 11.1 Å². The van der Waals surface area contributed by atoms with Gasteiger partial charge in [-0.05, 0) is 12.1 Å². The number of aromatic nitrogens is 4. The van der Waals surface area contributed by atoms with Crippen molar-refractivity contribution in [2.24, 2.45) is 7.05 Å². The van der Waals surface area contributed by atoms with Crippen molar-refractivity contribution in [1.82, 2.24) is 19.7 Å². The molecule has 1 aromatic carbocycles. The molecule has 3 rings (SSSR count). The maximum atomic E-state index is 11.9. The first-order valence-corrected chi connectivity index (χ1v) is 5.82. The van der Waals surface area contributed by atoms with E-state index >= 15 is 0 Å². The third-order valence-electron chi connectivity index (χ3n) is 3.01. The second kappa shape index (κ2) is 4.30. The molecule has 7 heteroatoms. The third kappa shape index (κ3) is 1.76. The molecule has 0 aliphatic heterocycles. The van der Waals surface area contributed by atoms with Crippen LogP contribution in [-0.4, -0.2) is 30.8 Å². The Labute approximate surface area is 112 Å². The Bertz CT molecular complexity index is 879. The van der Waals surface area contributed by atoms with Crippen LogP contribution in [0.5, 0.6) is 0 Å². The average Bonchev–Trinajstić information content (AvgIpc) is 2.78. The number of carboxylic acids is 1. The average molecular weight is 270 g/mol. The molecule has 0 saturated heterocycles. The summed E-state index contributed by atoms with van der Waals surface area (Å²) in [7, 11) is 1.68. The lowest BCUT2D eigenvalue weighted by molar-refractivity contribution is 0.0697. The largest absolute Gasteiger partial charge is 0.478 e. The Morgan fingerprint density at radius 1 is 1.40 bits per heavy atom. The van der Waals surface area contributed by atoms with Crippen molar-refractivity contribution in [2.75, 3.05) is 0 Å². The summed E-state index contributed by atoms with van der Waals surface area (Å²) in [6.45, 7) is 0. The first kappa shape index (κ1) is 12.1. The summed E-state index contributed by atoms with van der Waals surface area (Å²) < 4.78 is 1.49. The summed E-state index contributed by atoms with van der Waals surface area (Å²) in [6, 6.07) is 6.29. The molecule has 0 fully saturated rings. The number of nitrogens with zero attached hydrogens (tertiary/aromatic N) is 3. The van der Waals surface area contributed by atoms with Gasteiger partial charge in [0.1, 0.15) is 11.1 Å². The Morgan fingerprint density at radius 3 is 2.95 bits per heavy atom. The number of aromatic amines is 1. The number of aromatic carboxylic acids is 1. The van der Waals surface area contributed by atoms with E-state index in [9.17, 15) is 9.59 Å². The molecule has 0 amide bonds. The van der Waals surface area contributed by atoms with Gasteiger partial charge in [-0.3, -0.25) is 4.79 Å². The van der Waals surface area contributed by atoms with Crippen LogP contribution in [-0.2, 0) is 7.05 Å². The van der Waals surface area contributed by atoms with E-state index in [0.29, 0.717) is 22.3 Å². The number of benzene rings is 1. The second-order valence-corrected chi connectivity index (χ2v) is 4.29. The van der Waals surface area contributed by atoms with E-state index in [0.717, 1.165) is 0 Å². The summed E-state index contributed by atoms with van der Waals surface area (Å²) in [5.74, 6) is -1.03. The highest BCUT2D eigenvalue weighted by Gasteiger charge is 2.15. The molecule has 0 radical (unpaired) electrons. The molecule has 2 heterocycles. The van der Waals surface area contributed by atoms with E-state index in [1.807, 2.05) is 0 Å². The lowest BCUT2D eigenvalue weighted by atomic mass is 10.1. The van der Waals surface area contributed by atoms with Gasteiger partial charge in [0.05, 0.1) is 11.9 Å². The van der Waals surface area contributed by atoms with Crippen LogP contribution < -0.4 is 5.56 Å². The zero-order valence-electron chi connectivity index (χ0n) is 10.5. The molecule has 20 heavy (non-hydrogen) atoms. The quantitative estimate of drug-likeness (QED) is 0.724. The molecule has 3 aromatic rings. The number of carboxylic acid groups (broad SMARTS) is 1. The molecule has 0 bridgehead atoms. The van der Waals surface area contributed by atoms with Crippen molar-refractivity contribution < 1.29 is 9.90 Å². The van der Waals surface area contributed by atoms with Crippen LogP contribution in [0.1, 0.15) is 10.4 Å². The zero-order chi connectivity index (χ0) is 14.3. The summed E-state index contributed by atoms with van der Waals surface area (Å²) >= 11 is 0. The van der Waals surface area contributed by atoms with E-state index in [1.165, 1.54) is 23.1 Å². The van der Waals surface area contributed by atoms with Crippen LogP contribution >= 0.6 is 0 Å². The van der Waals surface area contributed by atoms with Crippen LogP contribution in [0, 0.1) is 0 Å². The molecule has 2 N–H and O–H groups in total. The van der Waals surface area contributed by atoms with Gasteiger partial charge in [-0.15, -0.1) is 0 Å². The van der Waals surface area contributed by atoms with Crippen LogP contribution in [0.4, 0.5) is 0 Å². The van der Waals surface area contributed by atoms with E-state index in [4.69, 9.17) is 5.11 Å². The van der Waals surface area contributed by atoms with Crippen molar-refractivity contribution in [3.63, 3.8) is 0 Å². The fourth-order valence-corrected chi connectivity index (χ4v) is 2.10. The smallest absolute Gasteiger partial charge is 0.335 e. The summed E-state index contributed by atoms with van der Waals surface area (Å²) in [6.07, 6.45) is 1.31. The molecule has 0 saturated carbocycles. The number of hydrogen-bond acceptors (Lipinski definition) is 4. The van der Waals surface area contributed by atoms with Crippen molar-refractivity contribution in [1.29, 1.82) is 0 Å². The van der Waals surface area contributed by atoms with Crippen molar-refractivity contribution >= 4 is 17.0 Å². The molecule has 0 unspecified atom stereocenters. The number of rotatable bonds is 2. The van der Waals surface area contributed by atoms with E-state index < -0.39 is 5.97 Å². The topological polar surface area (TPSA) is 101 Å². The van der Waals surface area contributed by atoms with Crippen LogP contribution in [0.2, 0.25) is 0 Å². The van der Waals surface area contributed by atoms with Gasteiger partial charge < -0.3 is 10.1 Å². The van der Waals surface area contributed by atoms with Crippen molar-refractivity contribution in [3.05, 3.63) is 46.5 Å². The number of nitrogens with one attached hydrogen (secondary N) is 1. The molecule has 2 aromatic heterocycles. The number of carbonyl (C=O) groups is 1. The van der Waals surface area contributed by atoms with Crippen LogP contribution in [0.25, 0.3) is 22.3 Å². The van der Waals surface area contributed by atoms with Gasteiger partial charge in [0.15, 0.2) is 5.65 Å². The lowest BCUT2D eigenvalue weighted by Crippen LogP contribution is -2.06. The normalized spacial score (nSPS) is 10.8. The predicted octanol–water partition coefficient (Wildman–Crippen LogP) is 1.02. The number of fused-ring (bicyclic) bond motifs is 1. The first-order valence-electron chi connectivity index (χ1n) is 5.82.